The first kappa shape index (κ1) is 12.0. The van der Waals surface area contributed by atoms with Gasteiger partial charge in [-0.15, -0.1) is 0 Å². The lowest BCUT2D eigenvalue weighted by atomic mass is 9.79. The van der Waals surface area contributed by atoms with Gasteiger partial charge in [-0.25, -0.2) is 0 Å². The van der Waals surface area contributed by atoms with Crippen LogP contribution in [0, 0.1) is 0 Å². The number of carboxylic acid groups (broad SMARTS) is 2. The number of phenols is 1. The van der Waals surface area contributed by atoms with E-state index in [1.165, 1.54) is 31.2 Å². The van der Waals surface area contributed by atoms with Crippen LogP contribution in [0.15, 0.2) is 24.3 Å². The maximum atomic E-state index is 11.1. The molecule has 0 saturated carbocycles. The van der Waals surface area contributed by atoms with E-state index in [0.29, 0.717) is 5.56 Å². The van der Waals surface area contributed by atoms with E-state index in [1.807, 2.05) is 0 Å². The number of benzene rings is 1. The maximum Gasteiger partial charge on any atom is 0.314 e. The second-order valence-corrected chi connectivity index (χ2v) is 3.75. The van der Waals surface area contributed by atoms with E-state index in [9.17, 15) is 9.59 Å². The molecule has 0 saturated heterocycles. The van der Waals surface area contributed by atoms with Gasteiger partial charge in [0.2, 0.25) is 0 Å². The zero-order chi connectivity index (χ0) is 12.3. The van der Waals surface area contributed by atoms with Gasteiger partial charge >= 0.3 is 11.9 Å². The number of carbonyl (C=O) groups is 2. The van der Waals surface area contributed by atoms with Crippen LogP contribution < -0.4 is 0 Å². The Labute approximate surface area is 92.0 Å². The molecule has 16 heavy (non-hydrogen) atoms. The Morgan fingerprint density at radius 3 is 2.06 bits per heavy atom. The molecule has 3 N–H and O–H groups in total. The minimum absolute atomic E-state index is 0.00631. The van der Waals surface area contributed by atoms with Gasteiger partial charge in [-0.2, -0.15) is 0 Å². The monoisotopic (exact) mass is 224 g/mol. The highest BCUT2D eigenvalue weighted by Crippen LogP contribution is 2.29. The molecule has 0 heterocycles. The highest BCUT2D eigenvalue weighted by Gasteiger charge is 2.37. The largest absolute Gasteiger partial charge is 0.508 e. The SMILES string of the molecule is CC(CC(=O)O)(C(=O)O)c1ccc(O)cc1. The van der Waals surface area contributed by atoms with Gasteiger partial charge in [0.05, 0.1) is 6.42 Å². The number of aromatic hydroxyl groups is 1. The van der Waals surface area contributed by atoms with Crippen LogP contribution in [0.1, 0.15) is 18.9 Å². The summed E-state index contributed by atoms with van der Waals surface area (Å²) in [6.45, 7) is 1.34. The summed E-state index contributed by atoms with van der Waals surface area (Å²) in [4.78, 5) is 21.8. The highest BCUT2D eigenvalue weighted by atomic mass is 16.4. The van der Waals surface area contributed by atoms with Crippen LogP contribution in [0.2, 0.25) is 0 Å². The van der Waals surface area contributed by atoms with E-state index in [4.69, 9.17) is 15.3 Å². The number of rotatable bonds is 4. The number of hydrogen-bond acceptors (Lipinski definition) is 3. The molecule has 0 aliphatic rings. The molecular formula is C11H12O5. The summed E-state index contributed by atoms with van der Waals surface area (Å²) in [5.74, 6) is -2.38. The Balaban J connectivity index is 3.16. The van der Waals surface area contributed by atoms with Gasteiger partial charge in [-0.05, 0) is 24.6 Å². The van der Waals surface area contributed by atoms with Crippen LogP contribution in [0.4, 0.5) is 0 Å². The van der Waals surface area contributed by atoms with E-state index in [0.717, 1.165) is 0 Å². The Hall–Kier alpha value is -2.04. The molecule has 0 amide bonds. The van der Waals surface area contributed by atoms with Gasteiger partial charge in [-0.3, -0.25) is 9.59 Å². The maximum absolute atomic E-state index is 11.1. The fourth-order valence-electron chi connectivity index (χ4n) is 1.43. The molecule has 1 aromatic rings. The molecule has 86 valence electrons. The highest BCUT2D eigenvalue weighted by molar-refractivity contribution is 5.86. The smallest absolute Gasteiger partial charge is 0.314 e. The Bertz CT molecular complexity index is 409. The summed E-state index contributed by atoms with van der Waals surface area (Å²) < 4.78 is 0. The second kappa shape index (κ2) is 4.22. The second-order valence-electron chi connectivity index (χ2n) is 3.75. The quantitative estimate of drug-likeness (QED) is 0.714. The fraction of sp³-hybridized carbons (Fsp3) is 0.273. The zero-order valence-corrected chi connectivity index (χ0v) is 8.67. The van der Waals surface area contributed by atoms with Crippen LogP contribution in [-0.2, 0) is 15.0 Å². The average molecular weight is 224 g/mol. The van der Waals surface area contributed by atoms with Crippen LogP contribution in [0.25, 0.3) is 0 Å². The summed E-state index contributed by atoms with van der Waals surface area (Å²) in [5.41, 5.74) is -1.14. The lowest BCUT2D eigenvalue weighted by Crippen LogP contribution is -2.34. The minimum atomic E-state index is -1.49. The predicted octanol–water partition coefficient (Wildman–Crippen LogP) is 1.21. The van der Waals surface area contributed by atoms with Crippen molar-refractivity contribution < 1.29 is 24.9 Å². The predicted molar refractivity (Wildman–Crippen MR) is 55.3 cm³/mol. The average Bonchev–Trinajstić information content (AvgIpc) is 2.17. The van der Waals surface area contributed by atoms with Crippen molar-refractivity contribution in [2.45, 2.75) is 18.8 Å². The molecule has 0 fully saturated rings. The molecule has 0 aliphatic heterocycles. The lowest BCUT2D eigenvalue weighted by molar-refractivity contribution is -0.149. The first-order valence-corrected chi connectivity index (χ1v) is 4.61. The molecule has 0 aromatic heterocycles. The molecule has 5 heteroatoms. The molecule has 0 spiro atoms. The fourth-order valence-corrected chi connectivity index (χ4v) is 1.43. The van der Waals surface area contributed by atoms with Gasteiger partial charge < -0.3 is 15.3 Å². The van der Waals surface area contributed by atoms with Gasteiger partial charge in [0, 0.05) is 0 Å². The van der Waals surface area contributed by atoms with Gasteiger partial charge in [-0.1, -0.05) is 12.1 Å². The standard InChI is InChI=1S/C11H12O5/c1-11(10(15)16,6-9(13)14)7-2-4-8(12)5-3-7/h2-5,12H,6H2,1H3,(H,13,14)(H,15,16). The van der Waals surface area contributed by atoms with Crippen molar-refractivity contribution >= 4 is 11.9 Å². The molecule has 1 aromatic carbocycles. The van der Waals surface area contributed by atoms with E-state index in [-0.39, 0.29) is 5.75 Å². The van der Waals surface area contributed by atoms with Crippen molar-refractivity contribution in [3.05, 3.63) is 29.8 Å². The Kier molecular flexibility index (Phi) is 3.17. The van der Waals surface area contributed by atoms with Crippen LogP contribution in [0.3, 0.4) is 0 Å². The Morgan fingerprint density at radius 2 is 1.69 bits per heavy atom. The molecular weight excluding hydrogens is 212 g/mol. The number of hydrogen-bond donors (Lipinski definition) is 3. The lowest BCUT2D eigenvalue weighted by Gasteiger charge is -2.23. The van der Waals surface area contributed by atoms with Crippen LogP contribution in [0.5, 0.6) is 5.75 Å². The van der Waals surface area contributed by atoms with Gasteiger partial charge in [0.25, 0.3) is 0 Å². The molecule has 0 radical (unpaired) electrons. The number of aliphatic carboxylic acids is 2. The number of carboxylic acids is 2. The summed E-state index contributed by atoms with van der Waals surface area (Å²) in [5, 5.41) is 26.9. The van der Waals surface area contributed by atoms with Crippen molar-refractivity contribution in [3.63, 3.8) is 0 Å². The summed E-state index contributed by atoms with van der Waals surface area (Å²) in [6.07, 6.45) is -0.507. The molecule has 5 nitrogen and oxygen atoms in total. The molecule has 1 rings (SSSR count). The van der Waals surface area contributed by atoms with Crippen molar-refractivity contribution in [1.29, 1.82) is 0 Å². The third-order valence-corrected chi connectivity index (χ3v) is 2.48. The molecule has 0 aliphatic carbocycles. The zero-order valence-electron chi connectivity index (χ0n) is 8.67. The third-order valence-electron chi connectivity index (χ3n) is 2.48. The van der Waals surface area contributed by atoms with Crippen molar-refractivity contribution in [2.24, 2.45) is 0 Å². The van der Waals surface area contributed by atoms with E-state index < -0.39 is 23.8 Å². The first-order valence-electron chi connectivity index (χ1n) is 4.61. The van der Waals surface area contributed by atoms with Gasteiger partial charge in [0.1, 0.15) is 11.2 Å². The van der Waals surface area contributed by atoms with Gasteiger partial charge in [0.15, 0.2) is 0 Å². The normalized spacial score (nSPS) is 14.1. The van der Waals surface area contributed by atoms with E-state index >= 15 is 0 Å². The Morgan fingerprint density at radius 1 is 1.19 bits per heavy atom. The van der Waals surface area contributed by atoms with E-state index in [1.54, 1.807) is 0 Å². The number of phenolic OH excluding ortho intramolecular Hbond substituents is 1. The summed E-state index contributed by atoms with van der Waals surface area (Å²) in [6, 6.07) is 5.48. The van der Waals surface area contributed by atoms with E-state index in [2.05, 4.69) is 0 Å². The molecule has 1 atom stereocenters. The summed E-state index contributed by atoms with van der Waals surface area (Å²) in [7, 11) is 0. The summed E-state index contributed by atoms with van der Waals surface area (Å²) >= 11 is 0. The molecule has 1 unspecified atom stereocenters. The molecule has 0 bridgehead atoms. The topological polar surface area (TPSA) is 94.8 Å². The first-order chi connectivity index (χ1) is 7.36. The van der Waals surface area contributed by atoms with Crippen LogP contribution in [-0.4, -0.2) is 27.3 Å². The third kappa shape index (κ3) is 2.31. The van der Waals surface area contributed by atoms with Crippen molar-refractivity contribution in [3.8, 4) is 5.75 Å². The van der Waals surface area contributed by atoms with Crippen molar-refractivity contribution in [1.82, 2.24) is 0 Å². The van der Waals surface area contributed by atoms with Crippen molar-refractivity contribution in [2.75, 3.05) is 0 Å². The minimum Gasteiger partial charge on any atom is -0.508 e. The van der Waals surface area contributed by atoms with Crippen LogP contribution >= 0.6 is 0 Å².